The van der Waals surface area contributed by atoms with Crippen molar-refractivity contribution in [2.75, 3.05) is 20.3 Å². The topological polar surface area (TPSA) is 117 Å². The third kappa shape index (κ3) is 3.34. The fourth-order valence-electron chi connectivity index (χ4n) is 1.76. The van der Waals surface area contributed by atoms with Gasteiger partial charge in [0.2, 0.25) is 5.91 Å². The molecular formula is C11H19N3O5. The van der Waals surface area contributed by atoms with Crippen LogP contribution >= 0.6 is 0 Å². The van der Waals surface area contributed by atoms with E-state index in [1.165, 1.54) is 20.9 Å². The number of hydrogen-bond donors (Lipinski definition) is 4. The van der Waals surface area contributed by atoms with Crippen LogP contribution in [0.15, 0.2) is 0 Å². The van der Waals surface area contributed by atoms with E-state index in [4.69, 9.17) is 9.84 Å². The largest absolute Gasteiger partial charge is 0.481 e. The number of carboxylic acids is 1. The molecule has 1 aliphatic rings. The van der Waals surface area contributed by atoms with Crippen LogP contribution in [0.4, 0.5) is 4.79 Å². The number of carboxylic acid groups (broad SMARTS) is 1. The van der Waals surface area contributed by atoms with Crippen LogP contribution in [0.1, 0.15) is 13.8 Å². The summed E-state index contributed by atoms with van der Waals surface area (Å²) in [5.41, 5.74) is -1.16. The van der Waals surface area contributed by atoms with Crippen molar-refractivity contribution in [3.05, 3.63) is 0 Å². The van der Waals surface area contributed by atoms with Crippen molar-refractivity contribution in [2.24, 2.45) is 5.41 Å². The molecular weight excluding hydrogens is 254 g/mol. The summed E-state index contributed by atoms with van der Waals surface area (Å²) in [4.78, 5) is 34.1. The fraction of sp³-hybridized carbons (Fsp3) is 0.727. The molecule has 0 saturated carbocycles. The summed E-state index contributed by atoms with van der Waals surface area (Å²) in [5.74, 6) is -1.37. The molecule has 0 radical (unpaired) electrons. The average Bonchev–Trinajstić information content (AvgIpc) is 2.71. The molecule has 1 aliphatic heterocycles. The Morgan fingerprint density at radius 1 is 1.42 bits per heavy atom. The summed E-state index contributed by atoms with van der Waals surface area (Å²) < 4.78 is 5.11. The molecule has 19 heavy (non-hydrogen) atoms. The predicted octanol–water partition coefficient (Wildman–Crippen LogP) is -1.09. The van der Waals surface area contributed by atoms with E-state index in [9.17, 15) is 14.4 Å². The zero-order valence-electron chi connectivity index (χ0n) is 11.1. The summed E-state index contributed by atoms with van der Waals surface area (Å²) in [7, 11) is 1.46. The van der Waals surface area contributed by atoms with Crippen LogP contribution in [0.5, 0.6) is 0 Å². The summed E-state index contributed by atoms with van der Waals surface area (Å²) in [5, 5.41) is 16.5. The second-order valence-corrected chi connectivity index (χ2v) is 4.74. The second-order valence-electron chi connectivity index (χ2n) is 4.74. The highest BCUT2D eigenvalue weighted by Gasteiger charge is 2.47. The van der Waals surface area contributed by atoms with Gasteiger partial charge in [0, 0.05) is 7.05 Å². The van der Waals surface area contributed by atoms with Crippen LogP contribution in [0.3, 0.4) is 0 Å². The van der Waals surface area contributed by atoms with E-state index < -0.39 is 29.5 Å². The minimum absolute atomic E-state index is 0.0400. The van der Waals surface area contributed by atoms with Gasteiger partial charge in [-0.1, -0.05) is 0 Å². The van der Waals surface area contributed by atoms with Crippen molar-refractivity contribution in [1.29, 1.82) is 0 Å². The van der Waals surface area contributed by atoms with Crippen molar-refractivity contribution in [3.8, 4) is 0 Å². The Kier molecular flexibility index (Phi) is 4.71. The van der Waals surface area contributed by atoms with E-state index in [0.29, 0.717) is 0 Å². The standard InChI is InChI=1S/C11H19N3O5/c1-6(8(15)12-3)13-10(18)14-7-4-19-5-11(7,2)9(16)17/h6-7H,4-5H2,1-3H3,(H,12,15)(H,16,17)(H2,13,14,18). The Labute approximate surface area is 110 Å². The monoisotopic (exact) mass is 273 g/mol. The van der Waals surface area contributed by atoms with Crippen molar-refractivity contribution in [3.63, 3.8) is 0 Å². The number of amides is 3. The van der Waals surface area contributed by atoms with Gasteiger partial charge >= 0.3 is 12.0 Å². The SMILES string of the molecule is CNC(=O)C(C)NC(=O)NC1COCC1(C)C(=O)O. The molecule has 8 nitrogen and oxygen atoms in total. The van der Waals surface area contributed by atoms with Crippen molar-refractivity contribution in [2.45, 2.75) is 25.9 Å². The summed E-state index contributed by atoms with van der Waals surface area (Å²) in [6.07, 6.45) is 0. The first kappa shape index (κ1) is 15.2. The molecule has 3 unspecified atom stereocenters. The molecule has 0 bridgehead atoms. The number of aliphatic carboxylic acids is 1. The third-order valence-corrected chi connectivity index (χ3v) is 3.24. The van der Waals surface area contributed by atoms with Crippen LogP contribution < -0.4 is 16.0 Å². The van der Waals surface area contributed by atoms with E-state index >= 15 is 0 Å². The number of likely N-dealkylation sites (N-methyl/N-ethyl adjacent to an activating group) is 1. The lowest BCUT2D eigenvalue weighted by Gasteiger charge is -2.26. The first-order valence-electron chi connectivity index (χ1n) is 5.91. The zero-order chi connectivity index (χ0) is 14.6. The minimum atomic E-state index is -1.16. The Hall–Kier alpha value is -1.83. The highest BCUT2D eigenvalue weighted by molar-refractivity contribution is 5.87. The number of ether oxygens (including phenoxy) is 1. The maximum atomic E-state index is 11.7. The van der Waals surface area contributed by atoms with Gasteiger partial charge in [-0.05, 0) is 13.8 Å². The molecule has 0 aromatic rings. The van der Waals surface area contributed by atoms with Gasteiger partial charge in [0.05, 0.1) is 19.3 Å². The maximum absolute atomic E-state index is 11.7. The first-order valence-corrected chi connectivity index (χ1v) is 5.91. The molecule has 3 amide bonds. The Morgan fingerprint density at radius 2 is 2.05 bits per heavy atom. The van der Waals surface area contributed by atoms with Gasteiger partial charge in [0.1, 0.15) is 11.5 Å². The molecule has 1 fully saturated rings. The molecule has 0 aromatic heterocycles. The quantitative estimate of drug-likeness (QED) is 0.519. The lowest BCUT2D eigenvalue weighted by atomic mass is 9.85. The fourth-order valence-corrected chi connectivity index (χ4v) is 1.76. The van der Waals surface area contributed by atoms with Crippen molar-refractivity contribution in [1.82, 2.24) is 16.0 Å². The van der Waals surface area contributed by atoms with E-state index in [1.54, 1.807) is 0 Å². The number of urea groups is 1. The van der Waals surface area contributed by atoms with Crippen LogP contribution in [0.25, 0.3) is 0 Å². The van der Waals surface area contributed by atoms with Crippen molar-refractivity contribution < 1.29 is 24.2 Å². The Morgan fingerprint density at radius 3 is 2.58 bits per heavy atom. The lowest BCUT2D eigenvalue weighted by Crippen LogP contribution is -2.55. The van der Waals surface area contributed by atoms with Crippen LogP contribution in [-0.2, 0) is 14.3 Å². The molecule has 0 spiro atoms. The number of carbonyl (C=O) groups excluding carboxylic acids is 2. The molecule has 1 saturated heterocycles. The number of carbonyl (C=O) groups is 3. The van der Waals surface area contributed by atoms with E-state index in [0.717, 1.165) is 0 Å². The number of nitrogens with one attached hydrogen (secondary N) is 3. The van der Waals surface area contributed by atoms with Gasteiger partial charge < -0.3 is 25.8 Å². The molecule has 1 rings (SSSR count). The van der Waals surface area contributed by atoms with E-state index in [2.05, 4.69) is 16.0 Å². The van der Waals surface area contributed by atoms with Gasteiger partial charge in [-0.3, -0.25) is 9.59 Å². The Balaban J connectivity index is 2.57. The second kappa shape index (κ2) is 5.87. The molecule has 0 aliphatic carbocycles. The van der Waals surface area contributed by atoms with Gasteiger partial charge in [0.15, 0.2) is 0 Å². The van der Waals surface area contributed by atoms with Crippen LogP contribution in [0.2, 0.25) is 0 Å². The zero-order valence-corrected chi connectivity index (χ0v) is 11.1. The molecule has 4 N–H and O–H groups in total. The molecule has 8 heteroatoms. The highest BCUT2D eigenvalue weighted by atomic mass is 16.5. The number of hydrogen-bond acceptors (Lipinski definition) is 4. The number of rotatable bonds is 4. The summed E-state index contributed by atoms with van der Waals surface area (Å²) in [6.45, 7) is 3.21. The normalized spacial score (nSPS) is 27.4. The Bertz CT molecular complexity index is 387. The van der Waals surface area contributed by atoms with E-state index in [1.807, 2.05) is 0 Å². The average molecular weight is 273 g/mol. The highest BCUT2D eigenvalue weighted by Crippen LogP contribution is 2.28. The predicted molar refractivity (Wildman–Crippen MR) is 65.5 cm³/mol. The van der Waals surface area contributed by atoms with Crippen molar-refractivity contribution >= 4 is 17.9 Å². The van der Waals surface area contributed by atoms with E-state index in [-0.39, 0.29) is 19.1 Å². The molecule has 3 atom stereocenters. The van der Waals surface area contributed by atoms with Gasteiger partial charge in [-0.25, -0.2) is 4.79 Å². The molecule has 1 heterocycles. The van der Waals surface area contributed by atoms with Gasteiger partial charge in [-0.15, -0.1) is 0 Å². The van der Waals surface area contributed by atoms with Crippen LogP contribution in [-0.4, -0.2) is 55.4 Å². The van der Waals surface area contributed by atoms with Crippen LogP contribution in [0, 0.1) is 5.41 Å². The molecule has 108 valence electrons. The lowest BCUT2D eigenvalue weighted by molar-refractivity contribution is -0.148. The molecule has 0 aromatic carbocycles. The minimum Gasteiger partial charge on any atom is -0.481 e. The first-order chi connectivity index (χ1) is 8.81. The van der Waals surface area contributed by atoms with Gasteiger partial charge in [-0.2, -0.15) is 0 Å². The summed E-state index contributed by atoms with van der Waals surface area (Å²) in [6, 6.07) is -1.94. The third-order valence-electron chi connectivity index (χ3n) is 3.24. The summed E-state index contributed by atoms with van der Waals surface area (Å²) >= 11 is 0. The smallest absolute Gasteiger partial charge is 0.315 e. The van der Waals surface area contributed by atoms with Gasteiger partial charge in [0.25, 0.3) is 0 Å². The maximum Gasteiger partial charge on any atom is 0.315 e.